The van der Waals surface area contributed by atoms with Crippen molar-refractivity contribution in [3.05, 3.63) is 60.3 Å². The van der Waals surface area contributed by atoms with Gasteiger partial charge in [0.25, 0.3) is 5.82 Å². The molecule has 0 saturated carbocycles. The highest BCUT2D eigenvalue weighted by atomic mass is 19.4. The number of aromatic nitrogens is 7. The van der Waals surface area contributed by atoms with Crippen molar-refractivity contribution < 1.29 is 18.0 Å². The number of fused-ring (bicyclic) bond motifs is 1. The van der Waals surface area contributed by atoms with Crippen LogP contribution in [-0.2, 0) is 17.5 Å². The van der Waals surface area contributed by atoms with Gasteiger partial charge in [-0.3, -0.25) is 14.5 Å². The molecule has 0 atom stereocenters. The van der Waals surface area contributed by atoms with Crippen molar-refractivity contribution in [2.24, 2.45) is 5.92 Å². The average Bonchev–Trinajstić information content (AvgIpc) is 3.46. The van der Waals surface area contributed by atoms with Crippen LogP contribution in [0.25, 0.3) is 5.65 Å². The minimum Gasteiger partial charge on any atom is -0.355 e. The molecule has 5 heterocycles. The molecule has 176 valence electrons. The minimum absolute atomic E-state index is 0.0216. The predicted octanol–water partition coefficient (Wildman–Crippen LogP) is 2.64. The van der Waals surface area contributed by atoms with Crippen molar-refractivity contribution >= 4 is 23.2 Å². The number of amides is 1. The van der Waals surface area contributed by atoms with Gasteiger partial charge in [-0.2, -0.15) is 22.8 Å². The van der Waals surface area contributed by atoms with Gasteiger partial charge in [0, 0.05) is 43.7 Å². The second-order valence-electron chi connectivity index (χ2n) is 7.99. The number of piperidine rings is 1. The number of hydrogen-bond donors (Lipinski definition) is 1. The Hall–Kier alpha value is -4.03. The molecule has 1 fully saturated rings. The van der Waals surface area contributed by atoms with Crippen LogP contribution in [0.3, 0.4) is 0 Å². The molecule has 10 nitrogen and oxygen atoms in total. The number of pyridine rings is 1. The van der Waals surface area contributed by atoms with Gasteiger partial charge in [-0.1, -0.05) is 6.07 Å². The summed E-state index contributed by atoms with van der Waals surface area (Å²) in [5.41, 5.74) is 1.02. The summed E-state index contributed by atoms with van der Waals surface area (Å²) in [5, 5.41) is 18.0. The number of alkyl halides is 3. The molecule has 1 aliphatic rings. The number of rotatable bonds is 5. The average molecular weight is 471 g/mol. The number of nitrogens with zero attached hydrogens (tertiary/aromatic N) is 8. The van der Waals surface area contributed by atoms with E-state index in [0.29, 0.717) is 48.6 Å². The van der Waals surface area contributed by atoms with Gasteiger partial charge in [0.15, 0.2) is 11.5 Å². The summed E-state index contributed by atoms with van der Waals surface area (Å²) in [7, 11) is 0. The first-order valence-corrected chi connectivity index (χ1v) is 10.6. The first-order valence-electron chi connectivity index (χ1n) is 10.6. The molecule has 0 aliphatic carbocycles. The Morgan fingerprint density at radius 3 is 2.65 bits per heavy atom. The molecular weight excluding hydrogens is 451 g/mol. The largest absolute Gasteiger partial charge is 0.453 e. The van der Waals surface area contributed by atoms with Crippen LogP contribution in [0.2, 0.25) is 0 Å². The van der Waals surface area contributed by atoms with Crippen LogP contribution in [0.5, 0.6) is 0 Å². The van der Waals surface area contributed by atoms with Gasteiger partial charge in [0.2, 0.25) is 5.91 Å². The third-order valence-electron chi connectivity index (χ3n) is 5.65. The van der Waals surface area contributed by atoms with Crippen molar-refractivity contribution in [3.8, 4) is 0 Å². The molecule has 1 amide bonds. The zero-order chi connectivity index (χ0) is 23.7. The number of carbonyl (C=O) groups excluding carboxylic acids is 1. The standard InChI is InChI=1S/C21H20F3N9O/c22-21(23,24)20-28-27-17-3-4-18(30-33(17)20)31-9-5-15(6-10-31)19(34)26-16-7-11-32(29-16)13-14-2-1-8-25-12-14/h1-4,7-8,11-12,15H,5-6,9-10,13H2,(H,26,29,34). The van der Waals surface area contributed by atoms with Crippen LogP contribution in [0.4, 0.5) is 24.8 Å². The van der Waals surface area contributed by atoms with E-state index in [9.17, 15) is 18.0 Å². The molecule has 0 aromatic carbocycles. The monoisotopic (exact) mass is 471 g/mol. The number of anilines is 2. The molecule has 34 heavy (non-hydrogen) atoms. The van der Waals surface area contributed by atoms with Crippen LogP contribution < -0.4 is 10.2 Å². The summed E-state index contributed by atoms with van der Waals surface area (Å²) in [6.07, 6.45) is 1.67. The summed E-state index contributed by atoms with van der Waals surface area (Å²) in [5.74, 6) is -0.680. The second-order valence-corrected chi connectivity index (χ2v) is 7.99. The Bertz CT molecular complexity index is 1290. The van der Waals surface area contributed by atoms with E-state index in [1.807, 2.05) is 17.0 Å². The third-order valence-corrected chi connectivity index (χ3v) is 5.65. The number of hydrogen-bond acceptors (Lipinski definition) is 7. The molecule has 0 bridgehead atoms. The topological polar surface area (TPSA) is 106 Å². The van der Waals surface area contributed by atoms with Crippen molar-refractivity contribution in [2.45, 2.75) is 25.6 Å². The highest BCUT2D eigenvalue weighted by Crippen LogP contribution is 2.29. The van der Waals surface area contributed by atoms with E-state index < -0.39 is 12.0 Å². The third kappa shape index (κ3) is 4.54. The summed E-state index contributed by atoms with van der Waals surface area (Å²) < 4.78 is 41.8. The maximum Gasteiger partial charge on any atom is 0.453 e. The fourth-order valence-corrected chi connectivity index (χ4v) is 3.92. The number of carbonyl (C=O) groups is 1. The van der Waals surface area contributed by atoms with Gasteiger partial charge < -0.3 is 10.2 Å². The van der Waals surface area contributed by atoms with Gasteiger partial charge in [-0.15, -0.1) is 15.3 Å². The fraction of sp³-hybridized carbons (Fsp3) is 0.333. The molecule has 1 aliphatic heterocycles. The van der Waals surface area contributed by atoms with Gasteiger partial charge in [0.05, 0.1) is 6.54 Å². The molecule has 1 saturated heterocycles. The molecule has 1 N–H and O–H groups in total. The van der Waals surface area contributed by atoms with Crippen molar-refractivity contribution in [1.29, 1.82) is 0 Å². The van der Waals surface area contributed by atoms with Crippen molar-refractivity contribution in [1.82, 2.24) is 34.6 Å². The van der Waals surface area contributed by atoms with E-state index in [2.05, 4.69) is 30.7 Å². The van der Waals surface area contributed by atoms with Gasteiger partial charge >= 0.3 is 6.18 Å². The second kappa shape index (κ2) is 8.72. The zero-order valence-electron chi connectivity index (χ0n) is 17.9. The lowest BCUT2D eigenvalue weighted by Gasteiger charge is -2.31. The van der Waals surface area contributed by atoms with E-state index >= 15 is 0 Å². The van der Waals surface area contributed by atoms with Crippen LogP contribution in [-0.4, -0.2) is 53.6 Å². The SMILES string of the molecule is O=C(Nc1ccn(Cc2cccnc2)n1)C1CCN(c2ccc3nnc(C(F)(F)F)n3n2)CC1. The maximum atomic E-state index is 13.1. The summed E-state index contributed by atoms with van der Waals surface area (Å²) in [4.78, 5) is 18.7. The molecule has 4 aromatic heterocycles. The van der Waals surface area contributed by atoms with Crippen LogP contribution >= 0.6 is 0 Å². The highest BCUT2D eigenvalue weighted by Gasteiger charge is 2.38. The molecular formula is C21H20F3N9O. The predicted molar refractivity (Wildman–Crippen MR) is 115 cm³/mol. The Balaban J connectivity index is 1.19. The normalized spacial score (nSPS) is 15.1. The number of nitrogens with one attached hydrogen (secondary N) is 1. The Kier molecular flexibility index (Phi) is 5.59. The minimum atomic E-state index is -4.65. The lowest BCUT2D eigenvalue weighted by Crippen LogP contribution is -2.38. The molecule has 0 spiro atoms. The molecule has 4 aromatic rings. The molecule has 0 radical (unpaired) electrons. The maximum absolute atomic E-state index is 13.1. The zero-order valence-corrected chi connectivity index (χ0v) is 17.9. The lowest BCUT2D eigenvalue weighted by atomic mass is 9.96. The Morgan fingerprint density at radius 1 is 1.09 bits per heavy atom. The van der Waals surface area contributed by atoms with E-state index in [-0.39, 0.29) is 17.5 Å². The number of halogens is 3. The smallest absolute Gasteiger partial charge is 0.355 e. The summed E-state index contributed by atoms with van der Waals surface area (Å²) in [6, 6.07) is 8.59. The van der Waals surface area contributed by atoms with Crippen LogP contribution in [0, 0.1) is 5.92 Å². The fourth-order valence-electron chi connectivity index (χ4n) is 3.92. The summed E-state index contributed by atoms with van der Waals surface area (Å²) in [6.45, 7) is 1.51. The van der Waals surface area contributed by atoms with Crippen LogP contribution in [0.15, 0.2) is 48.9 Å². The first-order chi connectivity index (χ1) is 16.4. The van der Waals surface area contributed by atoms with Crippen LogP contribution in [0.1, 0.15) is 24.2 Å². The Labute approximate surface area is 191 Å². The van der Waals surface area contributed by atoms with E-state index in [0.717, 1.165) is 5.56 Å². The molecule has 5 rings (SSSR count). The van der Waals surface area contributed by atoms with Crippen molar-refractivity contribution in [2.75, 3.05) is 23.3 Å². The van der Waals surface area contributed by atoms with E-state index in [1.54, 1.807) is 35.4 Å². The lowest BCUT2D eigenvalue weighted by molar-refractivity contribution is -0.146. The highest BCUT2D eigenvalue weighted by molar-refractivity contribution is 5.91. The molecule has 0 unspecified atom stereocenters. The van der Waals surface area contributed by atoms with Gasteiger partial charge in [-0.05, 0) is 36.6 Å². The van der Waals surface area contributed by atoms with E-state index in [4.69, 9.17) is 0 Å². The van der Waals surface area contributed by atoms with Gasteiger partial charge in [-0.25, -0.2) is 0 Å². The quantitative estimate of drug-likeness (QED) is 0.477. The van der Waals surface area contributed by atoms with Crippen molar-refractivity contribution in [3.63, 3.8) is 0 Å². The Morgan fingerprint density at radius 2 is 1.91 bits per heavy atom. The molecule has 13 heteroatoms. The summed E-state index contributed by atoms with van der Waals surface area (Å²) >= 11 is 0. The first kappa shape index (κ1) is 21.8. The van der Waals surface area contributed by atoms with Gasteiger partial charge in [0.1, 0.15) is 5.82 Å². The van der Waals surface area contributed by atoms with E-state index in [1.165, 1.54) is 6.07 Å².